The Balaban J connectivity index is 1.71. The van der Waals surface area contributed by atoms with E-state index < -0.39 is 0 Å². The molecule has 0 unspecified atom stereocenters. The first kappa shape index (κ1) is 19.1. The SMILES string of the molecule is Cc1nn(-c2ccccc2)c(C)c1-c1cc(-n2[c-][n+](C)cc2)cc(-n2[c-][n+](C)cc2)c1. The van der Waals surface area contributed by atoms with Gasteiger partial charge in [0.15, 0.2) is 0 Å². The highest BCUT2D eigenvalue weighted by atomic mass is 15.3. The molecular weight excluding hydrogens is 384 g/mol. The fourth-order valence-corrected chi connectivity index (χ4v) is 3.99. The van der Waals surface area contributed by atoms with Crippen molar-refractivity contribution < 1.29 is 9.13 Å². The zero-order valence-corrected chi connectivity index (χ0v) is 18.1. The lowest BCUT2D eigenvalue weighted by molar-refractivity contribution is -0.675. The van der Waals surface area contributed by atoms with E-state index in [9.17, 15) is 0 Å². The minimum absolute atomic E-state index is 0.994. The van der Waals surface area contributed by atoms with Gasteiger partial charge in [-0.25, -0.2) is 4.68 Å². The molecule has 6 heteroatoms. The molecule has 154 valence electrons. The van der Waals surface area contributed by atoms with E-state index >= 15 is 0 Å². The molecule has 6 nitrogen and oxygen atoms in total. The summed E-state index contributed by atoms with van der Waals surface area (Å²) in [6.45, 7) is 4.19. The van der Waals surface area contributed by atoms with Gasteiger partial charge in [0.1, 0.15) is 0 Å². The van der Waals surface area contributed by atoms with Crippen molar-refractivity contribution in [2.75, 3.05) is 0 Å². The van der Waals surface area contributed by atoms with Gasteiger partial charge < -0.3 is 18.3 Å². The highest BCUT2D eigenvalue weighted by molar-refractivity contribution is 5.73. The predicted octanol–water partition coefficient (Wildman–Crippen LogP) is 2.99. The lowest BCUT2D eigenvalue weighted by Gasteiger charge is -2.13. The number of aryl methyl sites for hydroxylation is 3. The minimum atomic E-state index is 0.994. The van der Waals surface area contributed by atoms with Crippen LogP contribution in [-0.2, 0) is 14.1 Å². The highest BCUT2D eigenvalue weighted by Gasteiger charge is 2.16. The monoisotopic (exact) mass is 408 g/mol. The van der Waals surface area contributed by atoms with Crippen LogP contribution in [0.15, 0.2) is 73.3 Å². The molecule has 0 aliphatic rings. The summed E-state index contributed by atoms with van der Waals surface area (Å²) in [7, 11) is 3.94. The van der Waals surface area contributed by atoms with Crippen molar-refractivity contribution in [3.05, 3.63) is 97.4 Å². The van der Waals surface area contributed by atoms with Gasteiger partial charge in [-0.2, -0.15) is 5.10 Å². The smallest absolute Gasteiger partial charge is 0.243 e. The van der Waals surface area contributed by atoms with E-state index in [1.54, 1.807) is 0 Å². The summed E-state index contributed by atoms with van der Waals surface area (Å²) >= 11 is 0. The molecule has 3 heterocycles. The van der Waals surface area contributed by atoms with Gasteiger partial charge in [0.25, 0.3) is 0 Å². The Kier molecular flexibility index (Phi) is 4.55. The van der Waals surface area contributed by atoms with Gasteiger partial charge in [0, 0.05) is 47.4 Å². The summed E-state index contributed by atoms with van der Waals surface area (Å²) in [5.41, 5.74) is 7.47. The van der Waals surface area contributed by atoms with Crippen LogP contribution in [0.25, 0.3) is 28.2 Å². The quantitative estimate of drug-likeness (QED) is 0.333. The van der Waals surface area contributed by atoms with Crippen LogP contribution in [0.1, 0.15) is 11.4 Å². The van der Waals surface area contributed by atoms with E-state index in [0.29, 0.717) is 0 Å². The summed E-state index contributed by atoms with van der Waals surface area (Å²) in [6.07, 6.45) is 14.6. The van der Waals surface area contributed by atoms with Gasteiger partial charge in [-0.3, -0.25) is 0 Å². The zero-order valence-electron chi connectivity index (χ0n) is 18.1. The molecule has 2 aromatic carbocycles. The Morgan fingerprint density at radius 2 is 1.35 bits per heavy atom. The van der Waals surface area contributed by atoms with Crippen molar-refractivity contribution in [3.63, 3.8) is 0 Å². The number of aromatic nitrogens is 6. The molecule has 0 aliphatic carbocycles. The van der Waals surface area contributed by atoms with Crippen LogP contribution in [0.3, 0.4) is 0 Å². The van der Waals surface area contributed by atoms with E-state index in [-0.39, 0.29) is 0 Å². The fraction of sp³-hybridized carbons (Fsp3) is 0.160. The summed E-state index contributed by atoms with van der Waals surface area (Å²) in [5, 5.41) is 4.85. The molecule has 5 rings (SSSR count). The van der Waals surface area contributed by atoms with Crippen LogP contribution in [0.5, 0.6) is 0 Å². The van der Waals surface area contributed by atoms with Gasteiger partial charge in [-0.05, 0) is 31.5 Å². The summed E-state index contributed by atoms with van der Waals surface area (Å²) in [5.74, 6) is 0. The number of para-hydroxylation sites is 1. The minimum Gasteiger partial charge on any atom is -0.327 e. The third-order valence-electron chi connectivity index (χ3n) is 5.45. The zero-order chi connectivity index (χ0) is 21.5. The van der Waals surface area contributed by atoms with Gasteiger partial charge >= 0.3 is 0 Å². The van der Waals surface area contributed by atoms with Gasteiger partial charge in [-0.1, -0.05) is 36.4 Å². The first-order valence-electron chi connectivity index (χ1n) is 10.2. The second-order valence-corrected chi connectivity index (χ2v) is 7.79. The van der Waals surface area contributed by atoms with Crippen molar-refractivity contribution in [2.24, 2.45) is 14.1 Å². The second-order valence-electron chi connectivity index (χ2n) is 7.79. The van der Waals surface area contributed by atoms with Gasteiger partial charge in [-0.15, -0.1) is 0 Å². The van der Waals surface area contributed by atoms with Crippen molar-refractivity contribution in [2.45, 2.75) is 13.8 Å². The third kappa shape index (κ3) is 3.46. The largest absolute Gasteiger partial charge is 0.327 e. The maximum atomic E-state index is 4.85. The number of rotatable bonds is 4. The Hall–Kier alpha value is -3.93. The molecule has 0 fully saturated rings. The van der Waals surface area contributed by atoms with Crippen LogP contribution >= 0.6 is 0 Å². The highest BCUT2D eigenvalue weighted by Crippen LogP contribution is 2.32. The Morgan fingerprint density at radius 3 is 1.87 bits per heavy atom. The van der Waals surface area contributed by atoms with Crippen LogP contribution in [0.2, 0.25) is 0 Å². The molecule has 5 aromatic rings. The molecule has 0 bridgehead atoms. The topological polar surface area (TPSA) is 35.4 Å². The van der Waals surface area contributed by atoms with Gasteiger partial charge in [0.2, 0.25) is 12.7 Å². The van der Waals surface area contributed by atoms with Gasteiger partial charge in [0.05, 0.1) is 25.5 Å². The first-order valence-corrected chi connectivity index (χ1v) is 10.2. The van der Waals surface area contributed by atoms with E-state index in [0.717, 1.165) is 39.6 Å². The third-order valence-corrected chi connectivity index (χ3v) is 5.45. The molecule has 0 saturated carbocycles. The molecule has 31 heavy (non-hydrogen) atoms. The second kappa shape index (κ2) is 7.40. The molecule has 0 radical (unpaired) electrons. The van der Waals surface area contributed by atoms with E-state index in [1.807, 2.05) is 80.0 Å². The van der Waals surface area contributed by atoms with Crippen molar-refractivity contribution in [1.29, 1.82) is 0 Å². The van der Waals surface area contributed by atoms with E-state index in [1.165, 1.54) is 0 Å². The molecular formula is C25H24N6. The summed E-state index contributed by atoms with van der Waals surface area (Å²) in [4.78, 5) is 0. The lowest BCUT2D eigenvalue weighted by atomic mass is 10.0. The average molecular weight is 409 g/mol. The lowest BCUT2D eigenvalue weighted by Crippen LogP contribution is -2.24. The van der Waals surface area contributed by atoms with Crippen LogP contribution in [-0.4, -0.2) is 18.9 Å². The normalized spacial score (nSPS) is 11.2. The predicted molar refractivity (Wildman–Crippen MR) is 117 cm³/mol. The summed E-state index contributed by atoms with van der Waals surface area (Å²) < 4.78 is 9.85. The maximum Gasteiger partial charge on any atom is 0.243 e. The standard InChI is InChI=1S/C25H24N6/c1-19-25(20(2)31(26-19)22-8-6-5-7-9-22)21-14-23(29-12-10-27(3)17-29)16-24(15-21)30-13-11-28(4)18-30/h5-16H,1-4H3. The molecule has 3 aromatic heterocycles. The van der Waals surface area contributed by atoms with Crippen molar-refractivity contribution in [1.82, 2.24) is 18.9 Å². The number of hydrogen-bond donors (Lipinski definition) is 0. The molecule has 0 saturated heterocycles. The number of nitrogens with zero attached hydrogens (tertiary/aromatic N) is 6. The van der Waals surface area contributed by atoms with Crippen LogP contribution in [0, 0.1) is 26.5 Å². The van der Waals surface area contributed by atoms with E-state index in [2.05, 4.69) is 56.8 Å². The molecule has 0 spiro atoms. The van der Waals surface area contributed by atoms with Crippen LogP contribution < -0.4 is 9.13 Å². The Bertz CT molecular complexity index is 1310. The molecule has 0 amide bonds. The number of imidazole rings is 2. The van der Waals surface area contributed by atoms with Crippen molar-refractivity contribution in [3.8, 4) is 28.2 Å². The number of hydrogen-bond acceptors (Lipinski definition) is 1. The first-order chi connectivity index (χ1) is 15.0. The average Bonchev–Trinajstić information content (AvgIpc) is 3.47. The fourth-order valence-electron chi connectivity index (χ4n) is 3.99. The van der Waals surface area contributed by atoms with Crippen LogP contribution in [0.4, 0.5) is 0 Å². The maximum absolute atomic E-state index is 4.85. The summed E-state index contributed by atoms with van der Waals surface area (Å²) in [6, 6.07) is 16.8. The number of benzene rings is 2. The Morgan fingerprint density at radius 1 is 0.774 bits per heavy atom. The molecule has 0 aliphatic heterocycles. The molecule has 0 atom stereocenters. The van der Waals surface area contributed by atoms with Crippen molar-refractivity contribution >= 4 is 0 Å². The van der Waals surface area contributed by atoms with E-state index in [4.69, 9.17) is 5.10 Å². The Labute approximate surface area is 181 Å². The molecule has 0 N–H and O–H groups in total.